The number of benzene rings is 1. The van der Waals surface area contributed by atoms with Gasteiger partial charge in [0.15, 0.2) is 0 Å². The number of nitrogens with zero attached hydrogens (tertiary/aromatic N) is 4. The Morgan fingerprint density at radius 2 is 2.12 bits per heavy atom. The van der Waals surface area contributed by atoms with E-state index in [0.717, 1.165) is 10.4 Å². The zero-order valence-corrected chi connectivity index (χ0v) is 15.2. The van der Waals surface area contributed by atoms with Crippen LogP contribution in [0.5, 0.6) is 0 Å². The van der Waals surface area contributed by atoms with Gasteiger partial charge in [-0.2, -0.15) is 10.2 Å². The molecular formula is C19H18N4O2S. The van der Waals surface area contributed by atoms with Gasteiger partial charge in [-0.15, -0.1) is 11.3 Å². The highest BCUT2D eigenvalue weighted by Gasteiger charge is 2.12. The fourth-order valence-electron chi connectivity index (χ4n) is 2.49. The van der Waals surface area contributed by atoms with Gasteiger partial charge in [-0.05, 0) is 35.6 Å². The van der Waals surface area contributed by atoms with Crippen molar-refractivity contribution in [2.24, 2.45) is 0 Å². The Hall–Kier alpha value is -2.98. The third-order valence-corrected chi connectivity index (χ3v) is 4.79. The van der Waals surface area contributed by atoms with Gasteiger partial charge in [0.25, 0.3) is 0 Å². The second-order valence-electron chi connectivity index (χ2n) is 5.90. The summed E-state index contributed by atoms with van der Waals surface area (Å²) in [5.74, 6) is 1.21. The number of thiophene rings is 1. The van der Waals surface area contributed by atoms with E-state index in [9.17, 15) is 4.79 Å². The molecule has 0 aliphatic rings. The maximum absolute atomic E-state index is 12.3. The van der Waals surface area contributed by atoms with Crippen molar-refractivity contribution in [3.8, 4) is 16.8 Å². The summed E-state index contributed by atoms with van der Waals surface area (Å²) in [5, 5.41) is 14.7. The maximum Gasteiger partial charge on any atom is 0.226 e. The summed E-state index contributed by atoms with van der Waals surface area (Å²) in [4.78, 5) is 19.3. The van der Waals surface area contributed by atoms with Crippen LogP contribution in [0.3, 0.4) is 0 Å². The monoisotopic (exact) mass is 366 g/mol. The van der Waals surface area contributed by atoms with Gasteiger partial charge >= 0.3 is 0 Å². The second-order valence-corrected chi connectivity index (χ2v) is 6.85. The average molecular weight is 366 g/mol. The molecule has 0 bridgehead atoms. The summed E-state index contributed by atoms with van der Waals surface area (Å²) >= 11 is 1.56. The van der Waals surface area contributed by atoms with Crippen LogP contribution in [0.4, 0.5) is 0 Å². The van der Waals surface area contributed by atoms with Crippen molar-refractivity contribution in [2.45, 2.75) is 25.8 Å². The number of hydrogen-bond acceptors (Lipinski definition) is 6. The maximum atomic E-state index is 12.3. The molecule has 1 aromatic carbocycles. The van der Waals surface area contributed by atoms with E-state index in [-0.39, 0.29) is 5.91 Å². The molecule has 26 heavy (non-hydrogen) atoms. The molecule has 0 aliphatic heterocycles. The summed E-state index contributed by atoms with van der Waals surface area (Å²) < 4.78 is 5.24. The fourth-order valence-corrected chi connectivity index (χ4v) is 3.14. The average Bonchev–Trinajstić information content (AvgIpc) is 3.34. The fraction of sp³-hybridized carbons (Fsp3) is 0.263. The first kappa shape index (κ1) is 17.8. The molecule has 0 atom stereocenters. The normalized spacial score (nSPS) is 10.5. The highest BCUT2D eigenvalue weighted by atomic mass is 32.1. The van der Waals surface area contributed by atoms with Crippen LogP contribution in [0.2, 0.25) is 0 Å². The first-order valence-corrected chi connectivity index (χ1v) is 9.13. The smallest absolute Gasteiger partial charge is 0.226 e. The van der Waals surface area contributed by atoms with Crippen LogP contribution in [0.25, 0.3) is 10.7 Å². The van der Waals surface area contributed by atoms with Gasteiger partial charge in [0.2, 0.25) is 17.6 Å². The van der Waals surface area contributed by atoms with E-state index in [1.54, 1.807) is 35.4 Å². The molecule has 0 radical (unpaired) electrons. The Bertz CT molecular complexity index is 895. The molecular weight excluding hydrogens is 348 g/mol. The predicted molar refractivity (Wildman–Crippen MR) is 98.2 cm³/mol. The lowest BCUT2D eigenvalue weighted by Crippen LogP contribution is -2.25. The van der Waals surface area contributed by atoms with Gasteiger partial charge in [0.1, 0.15) is 0 Å². The zero-order valence-electron chi connectivity index (χ0n) is 14.4. The van der Waals surface area contributed by atoms with E-state index < -0.39 is 0 Å². The van der Waals surface area contributed by atoms with E-state index in [4.69, 9.17) is 9.78 Å². The zero-order chi connectivity index (χ0) is 18.4. The number of carbonyl (C=O) groups is 1. The molecule has 0 saturated heterocycles. The Labute approximate surface area is 155 Å². The highest BCUT2D eigenvalue weighted by Crippen LogP contribution is 2.21. The summed E-state index contributed by atoms with van der Waals surface area (Å²) in [6, 6.07) is 13.2. The van der Waals surface area contributed by atoms with Gasteiger partial charge in [0, 0.05) is 26.4 Å². The lowest BCUT2D eigenvalue weighted by molar-refractivity contribution is -0.130. The van der Waals surface area contributed by atoms with Gasteiger partial charge in [-0.3, -0.25) is 4.79 Å². The van der Waals surface area contributed by atoms with E-state index in [1.165, 1.54) is 0 Å². The molecule has 0 saturated carbocycles. The molecule has 0 N–H and O–H groups in total. The van der Waals surface area contributed by atoms with Crippen LogP contribution < -0.4 is 0 Å². The number of rotatable bonds is 7. The quantitative estimate of drug-likeness (QED) is 0.637. The molecule has 1 amide bonds. The van der Waals surface area contributed by atoms with E-state index in [0.29, 0.717) is 43.1 Å². The van der Waals surface area contributed by atoms with Crippen molar-refractivity contribution in [3.05, 3.63) is 58.8 Å². The number of carbonyl (C=O) groups excluding carboxylic acids is 1. The van der Waals surface area contributed by atoms with Crippen LogP contribution in [-0.2, 0) is 17.8 Å². The van der Waals surface area contributed by atoms with Crippen LogP contribution in [0, 0.1) is 11.3 Å². The molecule has 0 fully saturated rings. The molecule has 6 nitrogen and oxygen atoms in total. The van der Waals surface area contributed by atoms with E-state index in [2.05, 4.69) is 16.2 Å². The first-order valence-electron chi connectivity index (χ1n) is 8.25. The molecule has 7 heteroatoms. The Morgan fingerprint density at radius 3 is 2.81 bits per heavy atom. The standard InChI is InChI=1S/C19H18N4O2S/c1-23(13-15-9-7-14(12-20)8-10-15)18(24)6-2-5-17-21-19(22-25-17)16-4-3-11-26-16/h3-4,7-11H,2,5-6,13H2,1H3. The van der Waals surface area contributed by atoms with Crippen LogP contribution >= 0.6 is 11.3 Å². The van der Waals surface area contributed by atoms with Gasteiger partial charge in [-0.1, -0.05) is 23.4 Å². The molecule has 2 aromatic heterocycles. The molecule has 0 unspecified atom stereocenters. The SMILES string of the molecule is CN(Cc1ccc(C#N)cc1)C(=O)CCCc1nc(-c2cccs2)no1. The molecule has 0 aliphatic carbocycles. The highest BCUT2D eigenvalue weighted by molar-refractivity contribution is 7.13. The van der Waals surface area contributed by atoms with Gasteiger partial charge < -0.3 is 9.42 Å². The van der Waals surface area contributed by atoms with Crippen molar-refractivity contribution in [3.63, 3.8) is 0 Å². The van der Waals surface area contributed by atoms with Gasteiger partial charge in [-0.25, -0.2) is 0 Å². The van der Waals surface area contributed by atoms with Crippen molar-refractivity contribution < 1.29 is 9.32 Å². The van der Waals surface area contributed by atoms with Crippen LogP contribution in [-0.4, -0.2) is 28.0 Å². The Kier molecular flexibility index (Phi) is 5.77. The second kappa shape index (κ2) is 8.41. The summed E-state index contributed by atoms with van der Waals surface area (Å²) in [6.45, 7) is 0.521. The van der Waals surface area contributed by atoms with Gasteiger partial charge in [0.05, 0.1) is 16.5 Å². The number of amides is 1. The van der Waals surface area contributed by atoms with E-state index >= 15 is 0 Å². The summed E-state index contributed by atoms with van der Waals surface area (Å²) in [6.07, 6.45) is 1.65. The van der Waals surface area contributed by atoms with Crippen molar-refractivity contribution >= 4 is 17.2 Å². The molecule has 132 valence electrons. The Morgan fingerprint density at radius 1 is 1.31 bits per heavy atom. The number of aryl methyl sites for hydroxylation is 1. The minimum atomic E-state index is 0.0624. The Balaban J connectivity index is 1.45. The topological polar surface area (TPSA) is 83.0 Å². The van der Waals surface area contributed by atoms with Crippen molar-refractivity contribution in [1.29, 1.82) is 5.26 Å². The lowest BCUT2D eigenvalue weighted by atomic mass is 10.1. The molecule has 0 spiro atoms. The molecule has 3 aromatic rings. The van der Waals surface area contributed by atoms with Crippen molar-refractivity contribution in [1.82, 2.24) is 15.0 Å². The minimum absolute atomic E-state index is 0.0624. The summed E-state index contributed by atoms with van der Waals surface area (Å²) in [5.41, 5.74) is 1.61. The van der Waals surface area contributed by atoms with Crippen LogP contribution in [0.1, 0.15) is 29.9 Å². The minimum Gasteiger partial charge on any atom is -0.341 e. The van der Waals surface area contributed by atoms with E-state index in [1.807, 2.05) is 29.6 Å². The third kappa shape index (κ3) is 4.55. The predicted octanol–water partition coefficient (Wildman–Crippen LogP) is 3.65. The lowest BCUT2D eigenvalue weighted by Gasteiger charge is -2.17. The van der Waals surface area contributed by atoms with Crippen LogP contribution in [0.15, 0.2) is 46.3 Å². The largest absolute Gasteiger partial charge is 0.341 e. The first-order chi connectivity index (χ1) is 12.7. The third-order valence-electron chi connectivity index (χ3n) is 3.92. The number of aromatic nitrogens is 2. The molecule has 3 rings (SSSR count). The number of hydrogen-bond donors (Lipinski definition) is 0. The summed E-state index contributed by atoms with van der Waals surface area (Å²) in [7, 11) is 1.78. The van der Waals surface area contributed by atoms with Crippen molar-refractivity contribution in [2.75, 3.05) is 7.05 Å². The number of nitriles is 1. The molecule has 2 heterocycles.